The van der Waals surface area contributed by atoms with E-state index in [1.54, 1.807) is 23.9 Å². The van der Waals surface area contributed by atoms with Gasteiger partial charge in [0, 0.05) is 24.0 Å². The number of carbonyl (C=O) groups excluding carboxylic acids is 2. The Morgan fingerprint density at radius 3 is 2.48 bits per heavy atom. The van der Waals surface area contributed by atoms with E-state index in [0.717, 1.165) is 43.4 Å². The van der Waals surface area contributed by atoms with Crippen molar-refractivity contribution < 1.29 is 19.2 Å². The highest BCUT2D eigenvalue weighted by Crippen LogP contribution is 2.45. The molecule has 0 saturated heterocycles. The highest BCUT2D eigenvalue weighted by Gasteiger charge is 2.44. The zero-order valence-electron chi connectivity index (χ0n) is 15.7. The van der Waals surface area contributed by atoms with Gasteiger partial charge >= 0.3 is 5.97 Å². The molecule has 7 nitrogen and oxygen atoms in total. The van der Waals surface area contributed by atoms with E-state index in [0.29, 0.717) is 0 Å². The Kier molecular flexibility index (Phi) is 7.65. The Morgan fingerprint density at radius 1 is 1.33 bits per heavy atom. The largest absolute Gasteiger partial charge is 0.467 e. The van der Waals surface area contributed by atoms with Crippen molar-refractivity contribution in [2.45, 2.75) is 44.6 Å². The Bertz CT molecular complexity index is 673. The molecule has 1 aromatic rings. The summed E-state index contributed by atoms with van der Waals surface area (Å²) < 4.78 is 4.85. The Hall–Kier alpha value is -2.09. The number of thioether (sulfide) groups is 1. The van der Waals surface area contributed by atoms with Crippen molar-refractivity contribution in [3.63, 3.8) is 0 Å². The van der Waals surface area contributed by atoms with Gasteiger partial charge in [0.15, 0.2) is 0 Å². The quantitative estimate of drug-likeness (QED) is 0.283. The number of hydrogen-bond donors (Lipinski definition) is 1. The van der Waals surface area contributed by atoms with Gasteiger partial charge in [0.05, 0.1) is 12.0 Å². The number of rotatable bonds is 10. The van der Waals surface area contributed by atoms with Gasteiger partial charge in [0.25, 0.3) is 5.69 Å². The smallest absolute Gasteiger partial charge is 0.328 e. The van der Waals surface area contributed by atoms with E-state index in [2.05, 4.69) is 5.32 Å². The molecule has 1 N–H and O–H groups in total. The van der Waals surface area contributed by atoms with Crippen molar-refractivity contribution >= 4 is 29.3 Å². The summed E-state index contributed by atoms with van der Waals surface area (Å²) in [4.78, 5) is 35.4. The topological polar surface area (TPSA) is 98.5 Å². The number of ether oxygens (including phenoxy) is 1. The van der Waals surface area contributed by atoms with Crippen LogP contribution in [0.25, 0.3) is 0 Å². The molecule has 1 aromatic carbocycles. The number of nitrogens with zero attached hydrogens (tertiary/aromatic N) is 1. The number of nitrogens with one attached hydrogen (secondary N) is 1. The lowest BCUT2D eigenvalue weighted by Crippen LogP contribution is -2.52. The molecular weight excluding hydrogens is 368 g/mol. The summed E-state index contributed by atoms with van der Waals surface area (Å²) in [6.07, 6.45) is 6.79. The third-order valence-electron chi connectivity index (χ3n) is 5.17. The molecule has 0 aliphatic heterocycles. The van der Waals surface area contributed by atoms with Crippen LogP contribution in [0.5, 0.6) is 0 Å². The van der Waals surface area contributed by atoms with E-state index in [1.807, 2.05) is 6.26 Å². The Morgan fingerprint density at radius 2 is 2.00 bits per heavy atom. The fraction of sp³-hybridized carbons (Fsp3) is 0.579. The number of nitro benzene ring substituents is 1. The molecule has 0 bridgehead atoms. The summed E-state index contributed by atoms with van der Waals surface area (Å²) in [5.41, 5.74) is 0.332. The Balaban J connectivity index is 2.06. The second-order valence-corrected chi connectivity index (χ2v) is 7.89. The number of hydrogen-bond acceptors (Lipinski definition) is 6. The van der Waals surface area contributed by atoms with Gasteiger partial charge in [-0.1, -0.05) is 18.6 Å². The first-order valence-electron chi connectivity index (χ1n) is 9.03. The molecule has 1 aliphatic rings. The molecule has 0 unspecified atom stereocenters. The normalized spacial score (nSPS) is 16.1. The standard InChI is InChI=1S/C19H26N2O5S/c1-26-17(22)16(13-14-5-7-15(8-6-14)21(24)25)20-18(23)19(9-3-10-19)11-4-12-27-2/h5-8,16H,3-4,9-13H2,1-2H3,(H,20,23)/t16-/m0/s1. The lowest BCUT2D eigenvalue weighted by atomic mass is 9.65. The number of non-ortho nitro benzene ring substituents is 1. The minimum absolute atomic E-state index is 0.0142. The first-order chi connectivity index (χ1) is 12.9. The predicted octanol–water partition coefficient (Wildman–Crippen LogP) is 3.11. The van der Waals surface area contributed by atoms with E-state index < -0.39 is 16.9 Å². The molecule has 1 aliphatic carbocycles. The van der Waals surface area contributed by atoms with Crippen LogP contribution in [-0.4, -0.2) is 42.0 Å². The van der Waals surface area contributed by atoms with Gasteiger partial charge < -0.3 is 10.1 Å². The molecular formula is C19H26N2O5S. The zero-order chi connectivity index (χ0) is 19.9. The van der Waals surface area contributed by atoms with Crippen molar-refractivity contribution in [1.82, 2.24) is 5.32 Å². The molecule has 1 saturated carbocycles. The maximum atomic E-state index is 12.9. The maximum absolute atomic E-state index is 12.9. The van der Waals surface area contributed by atoms with E-state index >= 15 is 0 Å². The summed E-state index contributed by atoms with van der Waals surface area (Å²) in [6, 6.07) is 5.17. The highest BCUT2D eigenvalue weighted by atomic mass is 32.2. The summed E-state index contributed by atoms with van der Waals surface area (Å²) in [6.45, 7) is 0. The number of carbonyl (C=O) groups is 2. The first-order valence-corrected chi connectivity index (χ1v) is 10.4. The van der Waals surface area contributed by atoms with Crippen molar-refractivity contribution in [1.29, 1.82) is 0 Å². The van der Waals surface area contributed by atoms with Crippen LogP contribution in [0.2, 0.25) is 0 Å². The van der Waals surface area contributed by atoms with Crippen LogP contribution in [0.4, 0.5) is 5.69 Å². The van der Waals surface area contributed by atoms with E-state index in [-0.39, 0.29) is 23.4 Å². The average Bonchev–Trinajstić information content (AvgIpc) is 2.63. The third-order valence-corrected chi connectivity index (χ3v) is 5.87. The van der Waals surface area contributed by atoms with Crippen molar-refractivity contribution in [3.05, 3.63) is 39.9 Å². The van der Waals surface area contributed by atoms with Crippen LogP contribution >= 0.6 is 11.8 Å². The van der Waals surface area contributed by atoms with Gasteiger partial charge in [0.1, 0.15) is 6.04 Å². The fourth-order valence-electron chi connectivity index (χ4n) is 3.39. The zero-order valence-corrected chi connectivity index (χ0v) is 16.5. The molecule has 0 heterocycles. The number of benzene rings is 1. The molecule has 27 heavy (non-hydrogen) atoms. The Labute approximate surface area is 163 Å². The van der Waals surface area contributed by atoms with Gasteiger partial charge in [-0.05, 0) is 43.3 Å². The molecule has 0 aromatic heterocycles. The molecule has 0 radical (unpaired) electrons. The summed E-state index contributed by atoms with van der Waals surface area (Å²) in [5, 5.41) is 13.6. The number of methoxy groups -OCH3 is 1. The molecule has 0 spiro atoms. The summed E-state index contributed by atoms with van der Waals surface area (Å²) >= 11 is 1.76. The fourth-order valence-corrected chi connectivity index (χ4v) is 3.82. The van der Waals surface area contributed by atoms with Crippen LogP contribution < -0.4 is 5.32 Å². The lowest BCUT2D eigenvalue weighted by molar-refractivity contribution is -0.384. The predicted molar refractivity (Wildman–Crippen MR) is 105 cm³/mol. The van der Waals surface area contributed by atoms with E-state index in [1.165, 1.54) is 19.2 Å². The van der Waals surface area contributed by atoms with Gasteiger partial charge in [-0.15, -0.1) is 0 Å². The van der Waals surface area contributed by atoms with Gasteiger partial charge in [-0.3, -0.25) is 14.9 Å². The van der Waals surface area contributed by atoms with Crippen LogP contribution in [0.1, 0.15) is 37.7 Å². The minimum Gasteiger partial charge on any atom is -0.467 e. The maximum Gasteiger partial charge on any atom is 0.328 e. The lowest BCUT2D eigenvalue weighted by Gasteiger charge is -2.41. The second kappa shape index (κ2) is 9.73. The molecule has 1 amide bonds. The van der Waals surface area contributed by atoms with Gasteiger partial charge in [-0.25, -0.2) is 4.79 Å². The molecule has 1 atom stereocenters. The number of esters is 1. The second-order valence-electron chi connectivity index (χ2n) is 6.91. The molecule has 1 fully saturated rings. The monoisotopic (exact) mass is 394 g/mol. The van der Waals surface area contributed by atoms with Crippen LogP contribution in [-0.2, 0) is 20.7 Å². The highest BCUT2D eigenvalue weighted by molar-refractivity contribution is 7.98. The van der Waals surface area contributed by atoms with Crippen molar-refractivity contribution in [2.24, 2.45) is 5.41 Å². The molecule has 148 valence electrons. The SMILES string of the molecule is COC(=O)[C@H](Cc1ccc([N+](=O)[O-])cc1)NC(=O)C1(CCCSC)CCC1. The van der Waals surface area contributed by atoms with Gasteiger partial charge in [-0.2, -0.15) is 11.8 Å². The van der Waals surface area contributed by atoms with Crippen LogP contribution in [0.15, 0.2) is 24.3 Å². The average molecular weight is 394 g/mol. The summed E-state index contributed by atoms with van der Waals surface area (Å²) in [7, 11) is 1.29. The van der Waals surface area contributed by atoms with Crippen molar-refractivity contribution in [2.75, 3.05) is 19.1 Å². The van der Waals surface area contributed by atoms with Crippen LogP contribution in [0, 0.1) is 15.5 Å². The van der Waals surface area contributed by atoms with Crippen molar-refractivity contribution in [3.8, 4) is 0 Å². The first kappa shape index (κ1) is 21.2. The summed E-state index contributed by atoms with van der Waals surface area (Å²) in [5.74, 6) is 0.408. The minimum atomic E-state index is -0.804. The van der Waals surface area contributed by atoms with E-state index in [4.69, 9.17) is 4.74 Å². The van der Waals surface area contributed by atoms with E-state index in [9.17, 15) is 19.7 Å². The van der Waals surface area contributed by atoms with Gasteiger partial charge in [0.2, 0.25) is 5.91 Å². The molecule has 2 rings (SSSR count). The number of amides is 1. The molecule has 8 heteroatoms. The number of nitro groups is 1. The van der Waals surface area contributed by atoms with Crippen LogP contribution in [0.3, 0.4) is 0 Å². The third kappa shape index (κ3) is 5.45.